The summed E-state index contributed by atoms with van der Waals surface area (Å²) in [5.74, 6) is 3.67. The molecule has 4 heteroatoms. The number of hydrogen-bond acceptors (Lipinski definition) is 4. The van der Waals surface area contributed by atoms with Gasteiger partial charge < -0.3 is 4.74 Å². The summed E-state index contributed by atoms with van der Waals surface area (Å²) in [5.41, 5.74) is 1.32. The Balaban J connectivity index is 1.80. The Hall–Kier alpha value is -0.610. The molecule has 1 aromatic carbocycles. The molecule has 0 bridgehead atoms. The van der Waals surface area contributed by atoms with Crippen LogP contribution >= 0.6 is 23.5 Å². The lowest BCUT2D eigenvalue weighted by Gasteiger charge is -2.21. The van der Waals surface area contributed by atoms with Crippen LogP contribution in [-0.4, -0.2) is 17.5 Å². The fraction of sp³-hybridized carbons (Fsp3) is 0.588. The summed E-state index contributed by atoms with van der Waals surface area (Å²) in [5, 5.41) is 0. The number of hydrogen-bond donors (Lipinski definition) is 0. The highest BCUT2D eigenvalue weighted by Crippen LogP contribution is 2.43. The summed E-state index contributed by atoms with van der Waals surface area (Å²) >= 11 is 4.01. The summed E-state index contributed by atoms with van der Waals surface area (Å²) in [6, 6.07) is 8.02. The molecule has 1 fully saturated rings. The van der Waals surface area contributed by atoms with Gasteiger partial charge in [0.15, 0.2) is 0 Å². The Morgan fingerprint density at radius 1 is 1.24 bits per heavy atom. The summed E-state index contributed by atoms with van der Waals surface area (Å²) in [6.45, 7) is 4.34. The molecule has 0 unspecified atom stereocenters. The van der Waals surface area contributed by atoms with E-state index in [4.69, 9.17) is 4.74 Å². The fourth-order valence-electron chi connectivity index (χ4n) is 2.21. The van der Waals surface area contributed by atoms with Crippen LogP contribution in [0.3, 0.4) is 0 Å². The molecule has 1 heterocycles. The summed E-state index contributed by atoms with van der Waals surface area (Å²) < 4.78 is 5.92. The van der Waals surface area contributed by atoms with E-state index >= 15 is 0 Å². The highest BCUT2D eigenvalue weighted by Gasteiger charge is 2.16. The molecule has 0 aromatic heterocycles. The predicted molar refractivity (Wildman–Crippen MR) is 93.0 cm³/mol. The molecule has 21 heavy (non-hydrogen) atoms. The minimum atomic E-state index is -0.121. The monoisotopic (exact) mass is 324 g/mol. The van der Waals surface area contributed by atoms with Crippen molar-refractivity contribution in [3.8, 4) is 5.75 Å². The first kappa shape index (κ1) is 16.8. The summed E-state index contributed by atoms with van der Waals surface area (Å²) in [7, 11) is 0. The van der Waals surface area contributed by atoms with Gasteiger partial charge in [0.05, 0.1) is 4.58 Å². The molecule has 1 saturated heterocycles. The number of rotatable bonds is 6. The van der Waals surface area contributed by atoms with Crippen LogP contribution in [0.1, 0.15) is 49.7 Å². The smallest absolute Gasteiger partial charge is 0.311 e. The van der Waals surface area contributed by atoms with E-state index in [1.54, 1.807) is 0 Å². The second kappa shape index (κ2) is 8.74. The van der Waals surface area contributed by atoms with E-state index in [2.05, 4.69) is 26.0 Å². The van der Waals surface area contributed by atoms with Crippen molar-refractivity contribution in [3.63, 3.8) is 0 Å². The Kier molecular flexibility index (Phi) is 6.97. The van der Waals surface area contributed by atoms with Crippen LogP contribution in [-0.2, 0) is 4.79 Å². The lowest BCUT2D eigenvalue weighted by atomic mass is 10.1. The van der Waals surface area contributed by atoms with Gasteiger partial charge in [0, 0.05) is 6.42 Å². The highest BCUT2D eigenvalue weighted by molar-refractivity contribution is 8.16. The zero-order valence-electron chi connectivity index (χ0n) is 12.8. The van der Waals surface area contributed by atoms with Gasteiger partial charge in [-0.25, -0.2) is 0 Å². The Morgan fingerprint density at radius 3 is 2.52 bits per heavy atom. The molecule has 1 aromatic rings. The van der Waals surface area contributed by atoms with Crippen LogP contribution in [0.4, 0.5) is 0 Å². The Morgan fingerprint density at radius 2 is 1.90 bits per heavy atom. The van der Waals surface area contributed by atoms with Crippen LogP contribution < -0.4 is 4.74 Å². The zero-order valence-corrected chi connectivity index (χ0v) is 14.5. The molecule has 0 N–H and O–H groups in total. The van der Waals surface area contributed by atoms with E-state index in [0.717, 1.165) is 12.8 Å². The van der Waals surface area contributed by atoms with E-state index < -0.39 is 0 Å². The molecule has 2 nitrogen and oxygen atoms in total. The van der Waals surface area contributed by atoms with E-state index in [1.165, 1.54) is 23.5 Å². The number of carbonyl (C=O) groups excluding carboxylic acids is 1. The first-order valence-corrected chi connectivity index (χ1v) is 9.79. The second-order valence-corrected chi connectivity index (χ2v) is 8.48. The van der Waals surface area contributed by atoms with Gasteiger partial charge in [-0.15, -0.1) is 23.5 Å². The molecular formula is C17H24O2S2. The lowest BCUT2D eigenvalue weighted by Crippen LogP contribution is -2.08. The molecule has 116 valence electrons. The van der Waals surface area contributed by atoms with E-state index in [9.17, 15) is 4.79 Å². The number of esters is 1. The fourth-order valence-corrected chi connectivity index (χ4v) is 5.10. The SMILES string of the molecule is CC(C)CCCC(=O)Oc1ccc(C2SCCCS2)cc1. The van der Waals surface area contributed by atoms with Gasteiger partial charge >= 0.3 is 5.97 Å². The number of benzene rings is 1. The molecule has 2 rings (SSSR count). The van der Waals surface area contributed by atoms with Crippen molar-refractivity contribution in [2.45, 2.75) is 44.1 Å². The largest absolute Gasteiger partial charge is 0.427 e. The van der Waals surface area contributed by atoms with Crippen LogP contribution in [0.5, 0.6) is 5.75 Å². The second-order valence-electron chi connectivity index (χ2n) is 5.76. The molecule has 1 aliphatic heterocycles. The van der Waals surface area contributed by atoms with Crippen molar-refractivity contribution in [2.75, 3.05) is 11.5 Å². The van der Waals surface area contributed by atoms with E-state index in [1.807, 2.05) is 35.7 Å². The third-order valence-corrected chi connectivity index (χ3v) is 6.39. The van der Waals surface area contributed by atoms with Crippen molar-refractivity contribution < 1.29 is 9.53 Å². The minimum Gasteiger partial charge on any atom is -0.427 e. The van der Waals surface area contributed by atoms with Gasteiger partial charge in [-0.2, -0.15) is 0 Å². The molecule has 0 radical (unpaired) electrons. The van der Waals surface area contributed by atoms with Crippen LogP contribution in [0.2, 0.25) is 0 Å². The average Bonchev–Trinajstić information content (AvgIpc) is 2.48. The maximum absolute atomic E-state index is 11.8. The van der Waals surface area contributed by atoms with Crippen molar-refractivity contribution >= 4 is 29.5 Å². The predicted octanol–water partition coefficient (Wildman–Crippen LogP) is 5.29. The minimum absolute atomic E-state index is 0.121. The van der Waals surface area contributed by atoms with Crippen molar-refractivity contribution in [1.82, 2.24) is 0 Å². The normalized spacial score (nSPS) is 16.1. The Bertz CT molecular complexity index is 437. The molecule has 0 aliphatic carbocycles. The first-order chi connectivity index (χ1) is 10.1. The van der Waals surface area contributed by atoms with Gasteiger partial charge in [0.25, 0.3) is 0 Å². The molecular weight excluding hydrogens is 300 g/mol. The number of ether oxygens (including phenoxy) is 1. The maximum atomic E-state index is 11.8. The maximum Gasteiger partial charge on any atom is 0.311 e. The topological polar surface area (TPSA) is 26.3 Å². The van der Waals surface area contributed by atoms with Gasteiger partial charge in [-0.05, 0) is 48.0 Å². The van der Waals surface area contributed by atoms with Crippen LogP contribution in [0.15, 0.2) is 24.3 Å². The molecule has 0 atom stereocenters. The average molecular weight is 325 g/mol. The van der Waals surface area contributed by atoms with Gasteiger partial charge in [-0.3, -0.25) is 4.79 Å². The standard InChI is InChI=1S/C17H24O2S2/c1-13(2)5-3-6-16(18)19-15-9-7-14(8-10-15)17-20-11-4-12-21-17/h7-10,13,17H,3-6,11-12H2,1-2H3. The van der Waals surface area contributed by atoms with Crippen molar-refractivity contribution in [1.29, 1.82) is 0 Å². The Labute approximate surface area is 136 Å². The van der Waals surface area contributed by atoms with Gasteiger partial charge in [0.1, 0.15) is 5.75 Å². The molecule has 0 amide bonds. The molecule has 0 saturated carbocycles. The lowest BCUT2D eigenvalue weighted by molar-refractivity contribution is -0.134. The van der Waals surface area contributed by atoms with E-state index in [-0.39, 0.29) is 5.97 Å². The number of thioether (sulfide) groups is 2. The van der Waals surface area contributed by atoms with Gasteiger partial charge in [0.2, 0.25) is 0 Å². The van der Waals surface area contributed by atoms with Crippen LogP contribution in [0, 0.1) is 5.92 Å². The molecule has 1 aliphatic rings. The van der Waals surface area contributed by atoms with Crippen LogP contribution in [0.25, 0.3) is 0 Å². The summed E-state index contributed by atoms with van der Waals surface area (Å²) in [4.78, 5) is 11.8. The van der Waals surface area contributed by atoms with Crippen molar-refractivity contribution in [2.24, 2.45) is 5.92 Å². The first-order valence-electron chi connectivity index (χ1n) is 7.69. The number of carbonyl (C=O) groups is 1. The summed E-state index contributed by atoms with van der Waals surface area (Å²) in [6.07, 6.45) is 3.79. The zero-order chi connectivity index (χ0) is 15.1. The van der Waals surface area contributed by atoms with E-state index in [0.29, 0.717) is 22.7 Å². The van der Waals surface area contributed by atoms with Crippen molar-refractivity contribution in [3.05, 3.63) is 29.8 Å². The quantitative estimate of drug-likeness (QED) is 0.525. The highest BCUT2D eigenvalue weighted by atomic mass is 32.2. The third-order valence-electron chi connectivity index (χ3n) is 3.37. The van der Waals surface area contributed by atoms with Gasteiger partial charge in [-0.1, -0.05) is 32.4 Å². The molecule has 0 spiro atoms. The third kappa shape index (κ3) is 5.95.